The van der Waals surface area contributed by atoms with Crippen molar-refractivity contribution in [2.24, 2.45) is 11.7 Å². The van der Waals surface area contributed by atoms with Gasteiger partial charge in [0.05, 0.1) is 12.0 Å². The Kier molecular flexibility index (Phi) is 5.51. The highest BCUT2D eigenvalue weighted by atomic mass is 35.5. The van der Waals surface area contributed by atoms with E-state index in [9.17, 15) is 4.79 Å². The summed E-state index contributed by atoms with van der Waals surface area (Å²) in [4.78, 5) is 15.1. The molecule has 0 radical (unpaired) electrons. The van der Waals surface area contributed by atoms with E-state index in [0.717, 1.165) is 25.7 Å². The molecule has 3 atom stereocenters. The standard InChI is InChI=1S/C18H26N2O.ClH/c1-12(13(2)19)18(21)20(15-10-11-15)17-9-5-7-14-6-3-4-8-16(14)17;/h3-4,6,8,12-13,15,17H,5,7,9-11,19H2,1-2H3;1H. The fraction of sp³-hybridized carbons (Fsp3) is 0.611. The number of hydrogen-bond acceptors (Lipinski definition) is 2. The highest BCUT2D eigenvalue weighted by Crippen LogP contribution is 2.41. The summed E-state index contributed by atoms with van der Waals surface area (Å²) in [5, 5.41) is 0. The molecule has 1 saturated carbocycles. The van der Waals surface area contributed by atoms with Gasteiger partial charge in [0.25, 0.3) is 0 Å². The van der Waals surface area contributed by atoms with Gasteiger partial charge in [0.15, 0.2) is 0 Å². The molecule has 0 bridgehead atoms. The number of rotatable bonds is 4. The van der Waals surface area contributed by atoms with Gasteiger partial charge in [-0.25, -0.2) is 0 Å². The molecule has 122 valence electrons. The van der Waals surface area contributed by atoms with Crippen molar-refractivity contribution in [1.82, 2.24) is 4.90 Å². The fourth-order valence-corrected chi connectivity index (χ4v) is 3.42. The number of aryl methyl sites for hydroxylation is 1. The average Bonchev–Trinajstić information content (AvgIpc) is 3.31. The van der Waals surface area contributed by atoms with Crippen LogP contribution < -0.4 is 5.73 Å². The Labute approximate surface area is 139 Å². The summed E-state index contributed by atoms with van der Waals surface area (Å²) in [6.07, 6.45) is 5.70. The van der Waals surface area contributed by atoms with E-state index in [1.165, 1.54) is 17.5 Å². The number of fused-ring (bicyclic) bond motifs is 1. The lowest BCUT2D eigenvalue weighted by atomic mass is 9.86. The maximum Gasteiger partial charge on any atom is 0.227 e. The van der Waals surface area contributed by atoms with Gasteiger partial charge in [-0.15, -0.1) is 12.4 Å². The molecular weight excluding hydrogens is 296 g/mol. The average molecular weight is 323 g/mol. The monoisotopic (exact) mass is 322 g/mol. The summed E-state index contributed by atoms with van der Waals surface area (Å²) in [5.74, 6) is 0.147. The minimum atomic E-state index is -0.0975. The van der Waals surface area contributed by atoms with Gasteiger partial charge in [0.1, 0.15) is 0 Å². The van der Waals surface area contributed by atoms with Crippen molar-refractivity contribution in [2.75, 3.05) is 0 Å². The van der Waals surface area contributed by atoms with Gasteiger partial charge in [-0.05, 0) is 50.2 Å². The van der Waals surface area contributed by atoms with E-state index in [1.807, 2.05) is 13.8 Å². The summed E-state index contributed by atoms with van der Waals surface area (Å²) >= 11 is 0. The summed E-state index contributed by atoms with van der Waals surface area (Å²) < 4.78 is 0. The van der Waals surface area contributed by atoms with Crippen molar-refractivity contribution in [1.29, 1.82) is 0 Å². The molecule has 1 fully saturated rings. The number of carbonyl (C=O) groups is 1. The van der Waals surface area contributed by atoms with Crippen LogP contribution in [0.4, 0.5) is 0 Å². The maximum atomic E-state index is 12.9. The van der Waals surface area contributed by atoms with Gasteiger partial charge in [-0.1, -0.05) is 31.2 Å². The van der Waals surface area contributed by atoms with E-state index in [2.05, 4.69) is 29.2 Å². The summed E-state index contributed by atoms with van der Waals surface area (Å²) in [6.45, 7) is 3.90. The number of nitrogens with zero attached hydrogens (tertiary/aromatic N) is 1. The molecule has 22 heavy (non-hydrogen) atoms. The Morgan fingerprint density at radius 3 is 2.55 bits per heavy atom. The molecule has 1 amide bonds. The molecule has 1 aromatic rings. The van der Waals surface area contributed by atoms with Crippen LogP contribution >= 0.6 is 12.4 Å². The molecule has 3 unspecified atom stereocenters. The summed E-state index contributed by atoms with van der Waals surface area (Å²) in [5.41, 5.74) is 8.75. The first-order chi connectivity index (χ1) is 10.1. The van der Waals surface area contributed by atoms with E-state index in [4.69, 9.17) is 5.73 Å². The maximum absolute atomic E-state index is 12.9. The molecule has 0 saturated heterocycles. The van der Waals surface area contributed by atoms with Crippen LogP contribution in [0.25, 0.3) is 0 Å². The predicted molar refractivity (Wildman–Crippen MR) is 92.1 cm³/mol. The molecule has 4 heteroatoms. The molecule has 2 aliphatic carbocycles. The topological polar surface area (TPSA) is 46.3 Å². The van der Waals surface area contributed by atoms with Crippen molar-refractivity contribution < 1.29 is 4.79 Å². The molecule has 0 aliphatic heterocycles. The minimum Gasteiger partial charge on any atom is -0.332 e. The Morgan fingerprint density at radius 1 is 1.23 bits per heavy atom. The highest BCUT2D eigenvalue weighted by Gasteiger charge is 2.41. The van der Waals surface area contributed by atoms with Crippen LogP contribution in [0, 0.1) is 5.92 Å². The van der Waals surface area contributed by atoms with E-state index in [-0.39, 0.29) is 36.3 Å². The first-order valence-electron chi connectivity index (χ1n) is 8.25. The van der Waals surface area contributed by atoms with Gasteiger partial charge in [-0.2, -0.15) is 0 Å². The van der Waals surface area contributed by atoms with E-state index < -0.39 is 0 Å². The number of benzene rings is 1. The lowest BCUT2D eigenvalue weighted by Gasteiger charge is -2.38. The van der Waals surface area contributed by atoms with Crippen LogP contribution in [-0.2, 0) is 11.2 Å². The molecule has 0 heterocycles. The largest absolute Gasteiger partial charge is 0.332 e. The van der Waals surface area contributed by atoms with Crippen LogP contribution in [0.15, 0.2) is 24.3 Å². The van der Waals surface area contributed by atoms with Crippen molar-refractivity contribution in [3.05, 3.63) is 35.4 Å². The van der Waals surface area contributed by atoms with Gasteiger partial charge in [-0.3, -0.25) is 4.79 Å². The van der Waals surface area contributed by atoms with Crippen molar-refractivity contribution in [2.45, 2.75) is 64.1 Å². The van der Waals surface area contributed by atoms with Crippen LogP contribution in [0.3, 0.4) is 0 Å². The molecule has 2 aliphatic rings. The molecular formula is C18H27ClN2O. The second-order valence-electron chi connectivity index (χ2n) is 6.73. The lowest BCUT2D eigenvalue weighted by molar-refractivity contribution is -0.139. The minimum absolute atomic E-state index is 0. The Hall–Kier alpha value is -1.06. The zero-order valence-electron chi connectivity index (χ0n) is 13.5. The number of hydrogen-bond donors (Lipinski definition) is 1. The quantitative estimate of drug-likeness (QED) is 0.922. The highest BCUT2D eigenvalue weighted by molar-refractivity contribution is 5.85. The third kappa shape index (κ3) is 3.31. The first-order valence-corrected chi connectivity index (χ1v) is 8.25. The Bertz CT molecular complexity index is 528. The van der Waals surface area contributed by atoms with Crippen LogP contribution in [-0.4, -0.2) is 22.9 Å². The third-order valence-electron chi connectivity index (χ3n) is 5.05. The van der Waals surface area contributed by atoms with Crippen LogP contribution in [0.5, 0.6) is 0 Å². The van der Waals surface area contributed by atoms with Gasteiger partial charge < -0.3 is 10.6 Å². The third-order valence-corrected chi connectivity index (χ3v) is 5.05. The first kappa shape index (κ1) is 17.3. The van der Waals surface area contributed by atoms with Crippen LogP contribution in [0.2, 0.25) is 0 Å². The number of amides is 1. The number of halogens is 1. The normalized spacial score (nSPS) is 23.0. The van der Waals surface area contributed by atoms with Crippen molar-refractivity contribution >= 4 is 18.3 Å². The molecule has 0 aromatic heterocycles. The molecule has 2 N–H and O–H groups in total. The zero-order chi connectivity index (χ0) is 15.0. The zero-order valence-corrected chi connectivity index (χ0v) is 14.3. The van der Waals surface area contributed by atoms with Gasteiger partial charge in [0, 0.05) is 12.1 Å². The number of nitrogens with two attached hydrogens (primary N) is 1. The Morgan fingerprint density at radius 2 is 1.91 bits per heavy atom. The Balaban J connectivity index is 0.00000176. The molecule has 1 aromatic carbocycles. The summed E-state index contributed by atoms with van der Waals surface area (Å²) in [7, 11) is 0. The number of carbonyl (C=O) groups excluding carboxylic acids is 1. The molecule has 3 rings (SSSR count). The second kappa shape index (κ2) is 7.01. The van der Waals surface area contributed by atoms with E-state index >= 15 is 0 Å². The van der Waals surface area contributed by atoms with Crippen LogP contribution in [0.1, 0.15) is 56.7 Å². The van der Waals surface area contributed by atoms with Gasteiger partial charge in [0.2, 0.25) is 5.91 Å². The van der Waals surface area contributed by atoms with E-state index in [0.29, 0.717) is 6.04 Å². The van der Waals surface area contributed by atoms with Gasteiger partial charge >= 0.3 is 0 Å². The lowest BCUT2D eigenvalue weighted by Crippen LogP contribution is -2.45. The predicted octanol–water partition coefficient (Wildman–Crippen LogP) is 3.46. The summed E-state index contributed by atoms with van der Waals surface area (Å²) in [6, 6.07) is 9.24. The molecule has 3 nitrogen and oxygen atoms in total. The fourth-order valence-electron chi connectivity index (χ4n) is 3.42. The second-order valence-corrected chi connectivity index (χ2v) is 6.73. The smallest absolute Gasteiger partial charge is 0.227 e. The van der Waals surface area contributed by atoms with Crippen molar-refractivity contribution in [3.8, 4) is 0 Å². The van der Waals surface area contributed by atoms with Crippen molar-refractivity contribution in [3.63, 3.8) is 0 Å². The SMILES string of the molecule is CC(N)C(C)C(=O)N(C1CC1)C1CCCc2ccccc21.Cl. The molecule has 0 spiro atoms. The van der Waals surface area contributed by atoms with E-state index in [1.54, 1.807) is 0 Å².